The lowest BCUT2D eigenvalue weighted by Gasteiger charge is -2.33. The largest absolute Gasteiger partial charge is 0.354 e. The number of piperazine rings is 1. The second kappa shape index (κ2) is 8.59. The van der Waals surface area contributed by atoms with Crippen LogP contribution in [0, 0.1) is 11.6 Å². The molecular formula is C24H22F2N6O. The standard InChI is InChI=1S/C24H22F2N6O/c1-31-9-11-32(12-10-31)21-8-6-16(14-27-21)28-24(33)23-18-13-15(5-7-20(18)29-30-23)17-3-2-4-19(25)22(17)26/h2-8,13-14H,9-12H2,1H3,(H,28,33)(H,29,30). The van der Waals surface area contributed by atoms with Crippen LogP contribution in [0.25, 0.3) is 22.0 Å². The van der Waals surface area contributed by atoms with E-state index in [1.165, 1.54) is 12.1 Å². The van der Waals surface area contributed by atoms with Gasteiger partial charge in [0.1, 0.15) is 5.82 Å². The van der Waals surface area contributed by atoms with E-state index in [-0.39, 0.29) is 11.3 Å². The number of hydrogen-bond acceptors (Lipinski definition) is 5. The summed E-state index contributed by atoms with van der Waals surface area (Å²) in [6.45, 7) is 3.77. The van der Waals surface area contributed by atoms with Crippen LogP contribution in [0.2, 0.25) is 0 Å². The van der Waals surface area contributed by atoms with Crippen molar-refractivity contribution in [2.45, 2.75) is 0 Å². The van der Waals surface area contributed by atoms with Gasteiger partial charge in [-0.3, -0.25) is 9.89 Å². The number of carbonyl (C=O) groups excluding carboxylic acids is 1. The van der Waals surface area contributed by atoms with E-state index in [0.29, 0.717) is 22.2 Å². The minimum Gasteiger partial charge on any atom is -0.354 e. The molecular weight excluding hydrogens is 426 g/mol. The zero-order chi connectivity index (χ0) is 22.9. The third kappa shape index (κ3) is 4.14. The minimum absolute atomic E-state index is 0.119. The van der Waals surface area contributed by atoms with Crippen molar-refractivity contribution in [2.75, 3.05) is 43.4 Å². The van der Waals surface area contributed by atoms with Gasteiger partial charge in [0.25, 0.3) is 5.91 Å². The lowest BCUT2D eigenvalue weighted by molar-refractivity contribution is 0.102. The molecule has 2 aromatic heterocycles. The number of halogens is 2. The number of hydrogen-bond donors (Lipinski definition) is 2. The number of likely N-dealkylation sites (N-methyl/N-ethyl adjacent to an activating group) is 1. The fourth-order valence-corrected chi connectivity index (χ4v) is 3.95. The van der Waals surface area contributed by atoms with E-state index in [2.05, 4.69) is 37.3 Å². The first-order valence-electron chi connectivity index (χ1n) is 10.6. The van der Waals surface area contributed by atoms with Crippen molar-refractivity contribution in [3.05, 3.63) is 72.1 Å². The Morgan fingerprint density at radius 2 is 1.88 bits per heavy atom. The average molecular weight is 448 g/mol. The number of aromatic amines is 1. The van der Waals surface area contributed by atoms with Crippen molar-refractivity contribution in [2.24, 2.45) is 0 Å². The number of pyridine rings is 1. The van der Waals surface area contributed by atoms with Gasteiger partial charge in [-0.2, -0.15) is 5.10 Å². The summed E-state index contributed by atoms with van der Waals surface area (Å²) in [7, 11) is 2.10. The summed E-state index contributed by atoms with van der Waals surface area (Å²) in [6.07, 6.45) is 1.62. The van der Waals surface area contributed by atoms with Gasteiger partial charge in [-0.15, -0.1) is 0 Å². The second-order valence-electron chi connectivity index (χ2n) is 8.08. The SMILES string of the molecule is CN1CCN(c2ccc(NC(=O)c3n[nH]c4ccc(-c5cccc(F)c5F)cc34)cn2)CC1. The van der Waals surface area contributed by atoms with E-state index < -0.39 is 17.5 Å². The molecule has 3 heterocycles. The highest BCUT2D eigenvalue weighted by molar-refractivity contribution is 6.11. The number of benzene rings is 2. The van der Waals surface area contributed by atoms with Gasteiger partial charge >= 0.3 is 0 Å². The Kier molecular flexibility index (Phi) is 5.47. The van der Waals surface area contributed by atoms with Crippen LogP contribution in [0.4, 0.5) is 20.3 Å². The average Bonchev–Trinajstić information content (AvgIpc) is 3.25. The summed E-state index contributed by atoms with van der Waals surface area (Å²) >= 11 is 0. The molecule has 0 unspecified atom stereocenters. The molecule has 1 fully saturated rings. The molecule has 0 atom stereocenters. The van der Waals surface area contributed by atoms with E-state index in [9.17, 15) is 13.6 Å². The third-order valence-electron chi connectivity index (χ3n) is 5.87. The van der Waals surface area contributed by atoms with Gasteiger partial charge in [-0.25, -0.2) is 13.8 Å². The highest BCUT2D eigenvalue weighted by atomic mass is 19.2. The second-order valence-corrected chi connectivity index (χ2v) is 8.08. The molecule has 0 radical (unpaired) electrons. The molecule has 0 bridgehead atoms. The first-order chi connectivity index (χ1) is 16.0. The number of amides is 1. The fourth-order valence-electron chi connectivity index (χ4n) is 3.95. The fraction of sp³-hybridized carbons (Fsp3) is 0.208. The van der Waals surface area contributed by atoms with Crippen molar-refractivity contribution in [1.82, 2.24) is 20.1 Å². The summed E-state index contributed by atoms with van der Waals surface area (Å²) in [6, 6.07) is 12.7. The monoisotopic (exact) mass is 448 g/mol. The zero-order valence-corrected chi connectivity index (χ0v) is 18.0. The molecule has 7 nitrogen and oxygen atoms in total. The Morgan fingerprint density at radius 3 is 2.64 bits per heavy atom. The highest BCUT2D eigenvalue weighted by Gasteiger charge is 2.18. The van der Waals surface area contributed by atoms with Crippen molar-refractivity contribution >= 4 is 28.3 Å². The van der Waals surface area contributed by atoms with E-state index in [0.717, 1.165) is 38.1 Å². The number of fused-ring (bicyclic) bond motifs is 1. The van der Waals surface area contributed by atoms with Crippen LogP contribution in [0.15, 0.2) is 54.7 Å². The Bertz CT molecular complexity index is 1310. The molecule has 0 saturated carbocycles. The predicted molar refractivity (Wildman–Crippen MR) is 123 cm³/mol. The molecule has 168 valence electrons. The van der Waals surface area contributed by atoms with Crippen LogP contribution in [0.1, 0.15) is 10.5 Å². The maximum atomic E-state index is 14.3. The number of anilines is 2. The molecule has 2 aromatic carbocycles. The summed E-state index contributed by atoms with van der Waals surface area (Å²) in [5.74, 6) is -1.41. The van der Waals surface area contributed by atoms with Gasteiger partial charge in [-0.05, 0) is 42.9 Å². The lowest BCUT2D eigenvalue weighted by atomic mass is 10.0. The normalized spacial score (nSPS) is 14.6. The molecule has 1 saturated heterocycles. The van der Waals surface area contributed by atoms with Crippen LogP contribution in [0.5, 0.6) is 0 Å². The van der Waals surface area contributed by atoms with Crippen LogP contribution >= 0.6 is 0 Å². The molecule has 1 aliphatic rings. The van der Waals surface area contributed by atoms with Gasteiger partial charge in [0, 0.05) is 37.1 Å². The summed E-state index contributed by atoms with van der Waals surface area (Å²) in [4.78, 5) is 21.9. The Labute approximate surface area is 189 Å². The van der Waals surface area contributed by atoms with E-state index in [1.807, 2.05) is 6.07 Å². The molecule has 1 aliphatic heterocycles. The summed E-state index contributed by atoms with van der Waals surface area (Å²) in [5.41, 5.74) is 1.89. The number of nitrogens with one attached hydrogen (secondary N) is 2. The molecule has 0 aliphatic carbocycles. The van der Waals surface area contributed by atoms with Crippen LogP contribution < -0.4 is 10.2 Å². The number of carbonyl (C=O) groups is 1. The topological polar surface area (TPSA) is 77.1 Å². The predicted octanol–water partition coefficient (Wildman–Crippen LogP) is 3.91. The summed E-state index contributed by atoms with van der Waals surface area (Å²) < 4.78 is 27.9. The van der Waals surface area contributed by atoms with E-state index >= 15 is 0 Å². The van der Waals surface area contributed by atoms with Crippen molar-refractivity contribution in [3.63, 3.8) is 0 Å². The van der Waals surface area contributed by atoms with Gasteiger partial charge < -0.3 is 15.1 Å². The first-order valence-corrected chi connectivity index (χ1v) is 10.6. The van der Waals surface area contributed by atoms with Gasteiger partial charge in [0.2, 0.25) is 0 Å². The van der Waals surface area contributed by atoms with Gasteiger partial charge in [0.05, 0.1) is 17.4 Å². The Balaban J connectivity index is 1.37. The van der Waals surface area contributed by atoms with Crippen LogP contribution in [-0.2, 0) is 0 Å². The Hall–Kier alpha value is -3.85. The number of H-pyrrole nitrogens is 1. The van der Waals surface area contributed by atoms with Gasteiger partial charge in [0.15, 0.2) is 17.3 Å². The van der Waals surface area contributed by atoms with Crippen LogP contribution in [0.3, 0.4) is 0 Å². The lowest BCUT2D eigenvalue weighted by Crippen LogP contribution is -2.44. The maximum absolute atomic E-state index is 14.3. The minimum atomic E-state index is -0.933. The molecule has 0 spiro atoms. The van der Waals surface area contributed by atoms with E-state index in [4.69, 9.17) is 0 Å². The number of aromatic nitrogens is 3. The van der Waals surface area contributed by atoms with E-state index in [1.54, 1.807) is 30.5 Å². The third-order valence-corrected chi connectivity index (χ3v) is 5.87. The molecule has 2 N–H and O–H groups in total. The number of rotatable bonds is 4. The van der Waals surface area contributed by atoms with Gasteiger partial charge in [-0.1, -0.05) is 18.2 Å². The Morgan fingerprint density at radius 1 is 1.06 bits per heavy atom. The quantitative estimate of drug-likeness (QED) is 0.495. The molecule has 4 aromatic rings. The summed E-state index contributed by atoms with van der Waals surface area (Å²) in [5, 5.41) is 10.3. The molecule has 1 amide bonds. The molecule has 5 rings (SSSR count). The zero-order valence-electron chi connectivity index (χ0n) is 18.0. The molecule has 9 heteroatoms. The highest BCUT2D eigenvalue weighted by Crippen LogP contribution is 2.29. The first kappa shape index (κ1) is 21.0. The van der Waals surface area contributed by atoms with Crippen molar-refractivity contribution < 1.29 is 13.6 Å². The number of nitrogens with zero attached hydrogens (tertiary/aromatic N) is 4. The van der Waals surface area contributed by atoms with Crippen molar-refractivity contribution in [3.8, 4) is 11.1 Å². The smallest absolute Gasteiger partial charge is 0.276 e. The molecule has 33 heavy (non-hydrogen) atoms. The maximum Gasteiger partial charge on any atom is 0.276 e. The van der Waals surface area contributed by atoms with Crippen LogP contribution in [-0.4, -0.2) is 59.2 Å². The van der Waals surface area contributed by atoms with Crippen molar-refractivity contribution in [1.29, 1.82) is 0 Å².